The molecule has 1 aromatic rings. The van der Waals surface area contributed by atoms with Crippen LogP contribution in [0.15, 0.2) is 29.2 Å². The second kappa shape index (κ2) is 5.92. The topological polar surface area (TPSA) is 57.9 Å². The number of hydrogen-bond donors (Lipinski definition) is 0. The predicted octanol–water partition coefficient (Wildman–Crippen LogP) is 3.32. The fourth-order valence-electron chi connectivity index (χ4n) is 2.87. The van der Waals surface area contributed by atoms with E-state index in [1.54, 1.807) is 0 Å². The zero-order chi connectivity index (χ0) is 14.8. The summed E-state index contributed by atoms with van der Waals surface area (Å²) >= 11 is 0. The molecular weight excluding hydrogens is 277 g/mol. The molecule has 0 amide bonds. The molecular formula is C15H18FNO2S. The number of halogens is 1. The van der Waals surface area contributed by atoms with Gasteiger partial charge in [-0.2, -0.15) is 5.26 Å². The summed E-state index contributed by atoms with van der Waals surface area (Å²) in [6.45, 7) is 2.04. The second-order valence-corrected chi connectivity index (χ2v) is 7.53. The van der Waals surface area contributed by atoms with Gasteiger partial charge in [-0.1, -0.05) is 13.3 Å². The van der Waals surface area contributed by atoms with Crippen LogP contribution in [0.25, 0.3) is 0 Å². The molecule has 108 valence electrons. The van der Waals surface area contributed by atoms with Crippen LogP contribution in [0.5, 0.6) is 0 Å². The van der Waals surface area contributed by atoms with Gasteiger partial charge in [-0.05, 0) is 49.4 Å². The van der Waals surface area contributed by atoms with Crippen molar-refractivity contribution < 1.29 is 12.8 Å². The van der Waals surface area contributed by atoms with E-state index in [2.05, 4.69) is 6.07 Å². The molecule has 3 unspecified atom stereocenters. The molecule has 0 saturated heterocycles. The van der Waals surface area contributed by atoms with Crippen molar-refractivity contribution in [2.75, 3.05) is 0 Å². The van der Waals surface area contributed by atoms with Crippen LogP contribution in [0.3, 0.4) is 0 Å². The van der Waals surface area contributed by atoms with Gasteiger partial charge in [0.1, 0.15) is 5.82 Å². The molecule has 0 radical (unpaired) electrons. The van der Waals surface area contributed by atoms with Crippen LogP contribution >= 0.6 is 0 Å². The molecule has 5 heteroatoms. The molecule has 1 saturated carbocycles. The maximum absolute atomic E-state index is 12.9. The molecule has 0 heterocycles. The predicted molar refractivity (Wildman–Crippen MR) is 74.1 cm³/mol. The molecule has 2 rings (SSSR count). The maximum atomic E-state index is 12.9. The monoisotopic (exact) mass is 295 g/mol. The Balaban J connectivity index is 2.35. The number of nitrogens with zero attached hydrogens (tertiary/aromatic N) is 1. The molecule has 1 aromatic carbocycles. The van der Waals surface area contributed by atoms with Crippen molar-refractivity contribution in [3.8, 4) is 6.07 Å². The van der Waals surface area contributed by atoms with E-state index in [0.29, 0.717) is 18.8 Å². The summed E-state index contributed by atoms with van der Waals surface area (Å²) in [5, 5.41) is 8.53. The van der Waals surface area contributed by atoms with Crippen molar-refractivity contribution in [3.63, 3.8) is 0 Å². The van der Waals surface area contributed by atoms with E-state index in [4.69, 9.17) is 0 Å². The Kier molecular flexibility index (Phi) is 4.44. The first kappa shape index (κ1) is 15.0. The summed E-state index contributed by atoms with van der Waals surface area (Å²) in [5.41, 5.74) is 0. The van der Waals surface area contributed by atoms with E-state index in [-0.39, 0.29) is 4.90 Å². The summed E-state index contributed by atoms with van der Waals surface area (Å²) in [5.74, 6) is -0.580. The summed E-state index contributed by atoms with van der Waals surface area (Å²) in [7, 11) is -3.57. The van der Waals surface area contributed by atoms with Crippen molar-refractivity contribution in [2.24, 2.45) is 11.8 Å². The number of sulfone groups is 1. The standard InChI is InChI=1S/C15H18FNO2S/c1-2-11-3-4-12(10-17)15(9-11)20(18,19)14-7-5-13(16)6-8-14/h5-8,11-12,15H,2-4,9H2,1H3. The van der Waals surface area contributed by atoms with Crippen LogP contribution in [0, 0.1) is 29.0 Å². The molecule has 1 aliphatic carbocycles. The third-order valence-corrected chi connectivity index (χ3v) is 6.43. The molecule has 1 fully saturated rings. The molecule has 0 aliphatic heterocycles. The van der Waals surface area contributed by atoms with E-state index < -0.39 is 26.8 Å². The number of rotatable bonds is 3. The normalized spacial score (nSPS) is 26.9. The van der Waals surface area contributed by atoms with Crippen molar-refractivity contribution in [1.29, 1.82) is 5.26 Å². The van der Waals surface area contributed by atoms with Crippen molar-refractivity contribution in [2.45, 2.75) is 42.8 Å². The Morgan fingerprint density at radius 3 is 2.50 bits per heavy atom. The second-order valence-electron chi connectivity index (χ2n) is 5.36. The average molecular weight is 295 g/mol. The summed E-state index contributed by atoms with van der Waals surface area (Å²) < 4.78 is 38.2. The van der Waals surface area contributed by atoms with Gasteiger partial charge in [-0.25, -0.2) is 12.8 Å². The minimum Gasteiger partial charge on any atom is -0.223 e. The number of hydrogen-bond acceptors (Lipinski definition) is 3. The maximum Gasteiger partial charge on any atom is 0.182 e. The largest absolute Gasteiger partial charge is 0.223 e. The zero-order valence-electron chi connectivity index (χ0n) is 11.4. The highest BCUT2D eigenvalue weighted by atomic mass is 32.2. The Morgan fingerprint density at radius 2 is 1.95 bits per heavy atom. The van der Waals surface area contributed by atoms with Gasteiger partial charge in [-0.15, -0.1) is 0 Å². The van der Waals surface area contributed by atoms with Gasteiger partial charge in [0.2, 0.25) is 0 Å². The summed E-state index contributed by atoms with van der Waals surface area (Å²) in [6.07, 6.45) is 2.98. The Morgan fingerprint density at radius 1 is 1.30 bits per heavy atom. The molecule has 0 N–H and O–H groups in total. The lowest BCUT2D eigenvalue weighted by Gasteiger charge is -2.31. The smallest absolute Gasteiger partial charge is 0.182 e. The lowest BCUT2D eigenvalue weighted by atomic mass is 9.81. The molecule has 0 spiro atoms. The molecule has 1 aliphatic rings. The van der Waals surface area contributed by atoms with Gasteiger partial charge >= 0.3 is 0 Å². The molecule has 0 aromatic heterocycles. The van der Waals surface area contributed by atoms with E-state index in [0.717, 1.165) is 25.0 Å². The van der Waals surface area contributed by atoms with Gasteiger partial charge in [0.05, 0.1) is 22.1 Å². The van der Waals surface area contributed by atoms with Gasteiger partial charge < -0.3 is 0 Å². The Hall–Kier alpha value is -1.41. The fraction of sp³-hybridized carbons (Fsp3) is 0.533. The van der Waals surface area contributed by atoms with Crippen molar-refractivity contribution in [3.05, 3.63) is 30.1 Å². The van der Waals surface area contributed by atoms with Crippen molar-refractivity contribution >= 4 is 9.84 Å². The van der Waals surface area contributed by atoms with Gasteiger partial charge in [0, 0.05) is 0 Å². The fourth-order valence-corrected chi connectivity index (χ4v) is 4.89. The number of benzene rings is 1. The lowest BCUT2D eigenvalue weighted by Crippen LogP contribution is -2.35. The third kappa shape index (κ3) is 2.85. The van der Waals surface area contributed by atoms with E-state index in [1.807, 2.05) is 6.92 Å². The van der Waals surface area contributed by atoms with Crippen molar-refractivity contribution in [1.82, 2.24) is 0 Å². The van der Waals surface area contributed by atoms with Crippen LogP contribution in [0.1, 0.15) is 32.6 Å². The van der Waals surface area contributed by atoms with Gasteiger partial charge in [-0.3, -0.25) is 0 Å². The molecule has 20 heavy (non-hydrogen) atoms. The third-order valence-electron chi connectivity index (χ3n) is 4.18. The first-order chi connectivity index (χ1) is 9.48. The van der Waals surface area contributed by atoms with Crippen LogP contribution in [0.4, 0.5) is 4.39 Å². The van der Waals surface area contributed by atoms with E-state index in [1.165, 1.54) is 12.1 Å². The SMILES string of the molecule is CCC1CCC(C#N)C(S(=O)(=O)c2ccc(F)cc2)C1. The molecule has 0 bridgehead atoms. The highest BCUT2D eigenvalue weighted by Gasteiger charge is 2.39. The highest BCUT2D eigenvalue weighted by molar-refractivity contribution is 7.92. The summed E-state index contributed by atoms with van der Waals surface area (Å²) in [4.78, 5) is 0.112. The van der Waals surface area contributed by atoms with Crippen LogP contribution in [-0.2, 0) is 9.84 Å². The first-order valence-electron chi connectivity index (χ1n) is 6.88. The Bertz CT molecular complexity index is 604. The summed E-state index contributed by atoms with van der Waals surface area (Å²) in [6, 6.07) is 7.00. The van der Waals surface area contributed by atoms with Gasteiger partial charge in [0.15, 0.2) is 9.84 Å². The van der Waals surface area contributed by atoms with Crippen LogP contribution in [-0.4, -0.2) is 13.7 Å². The number of nitriles is 1. The average Bonchev–Trinajstić information content (AvgIpc) is 2.47. The van der Waals surface area contributed by atoms with E-state index >= 15 is 0 Å². The molecule has 3 atom stereocenters. The first-order valence-corrected chi connectivity index (χ1v) is 8.42. The van der Waals surface area contributed by atoms with Gasteiger partial charge in [0.25, 0.3) is 0 Å². The molecule has 3 nitrogen and oxygen atoms in total. The quantitative estimate of drug-likeness (QED) is 0.804. The minimum absolute atomic E-state index is 0.112. The van der Waals surface area contributed by atoms with Crippen LogP contribution < -0.4 is 0 Å². The van der Waals surface area contributed by atoms with E-state index in [9.17, 15) is 18.1 Å². The minimum atomic E-state index is -3.57. The highest BCUT2D eigenvalue weighted by Crippen LogP contribution is 2.37. The zero-order valence-corrected chi connectivity index (χ0v) is 12.2. The van der Waals surface area contributed by atoms with Crippen LogP contribution in [0.2, 0.25) is 0 Å². The lowest BCUT2D eigenvalue weighted by molar-refractivity contribution is 0.308. The Labute approximate surface area is 119 Å².